The Bertz CT molecular complexity index is 950. The first-order valence-electron chi connectivity index (χ1n) is 7.57. The molecule has 0 aliphatic heterocycles. The number of benzene rings is 2. The van der Waals surface area contributed by atoms with Crippen LogP contribution in [0.2, 0.25) is 0 Å². The predicted octanol–water partition coefficient (Wildman–Crippen LogP) is 3.90. The van der Waals surface area contributed by atoms with Gasteiger partial charge in [-0.1, -0.05) is 71.5 Å². The van der Waals surface area contributed by atoms with Crippen molar-refractivity contribution in [2.75, 3.05) is 0 Å². The maximum Gasteiger partial charge on any atom is 0.237 e. The van der Waals surface area contributed by atoms with E-state index in [4.69, 9.17) is 4.52 Å². The molecule has 0 spiro atoms. The second-order valence-corrected chi connectivity index (χ2v) is 6.26. The van der Waals surface area contributed by atoms with Gasteiger partial charge in [-0.15, -0.1) is 5.10 Å². The summed E-state index contributed by atoms with van der Waals surface area (Å²) in [5, 5.41) is 15.3. The standard InChI is InChI=1S/C18H14N4OS/c1-2-6-13(7-3-1)10-16-20-17(23-22-16)12-24-18-15-9-5-4-8-14(15)11-19-21-18/h1-9,11H,10,12H2. The average molecular weight is 334 g/mol. The number of hydrogen-bond acceptors (Lipinski definition) is 6. The summed E-state index contributed by atoms with van der Waals surface area (Å²) in [6.07, 6.45) is 2.44. The quantitative estimate of drug-likeness (QED) is 0.516. The summed E-state index contributed by atoms with van der Waals surface area (Å²) in [6, 6.07) is 18.2. The van der Waals surface area contributed by atoms with Crippen molar-refractivity contribution in [1.82, 2.24) is 20.3 Å². The summed E-state index contributed by atoms with van der Waals surface area (Å²) in [7, 11) is 0. The molecule has 0 unspecified atom stereocenters. The molecule has 2 aromatic carbocycles. The van der Waals surface area contributed by atoms with E-state index in [9.17, 15) is 0 Å². The predicted molar refractivity (Wildman–Crippen MR) is 92.6 cm³/mol. The van der Waals surface area contributed by atoms with Crippen molar-refractivity contribution in [3.63, 3.8) is 0 Å². The van der Waals surface area contributed by atoms with Crippen LogP contribution in [0, 0.1) is 0 Å². The van der Waals surface area contributed by atoms with Crippen LogP contribution in [-0.2, 0) is 12.2 Å². The Morgan fingerprint density at radius 3 is 2.71 bits per heavy atom. The van der Waals surface area contributed by atoms with Gasteiger partial charge in [0.15, 0.2) is 5.82 Å². The maximum absolute atomic E-state index is 5.34. The molecule has 6 heteroatoms. The minimum atomic E-state index is 0.574. The van der Waals surface area contributed by atoms with Crippen LogP contribution in [-0.4, -0.2) is 20.3 Å². The first kappa shape index (κ1) is 14.8. The van der Waals surface area contributed by atoms with Gasteiger partial charge in [0.05, 0.1) is 11.9 Å². The Morgan fingerprint density at radius 2 is 1.79 bits per heavy atom. The molecule has 118 valence electrons. The van der Waals surface area contributed by atoms with E-state index in [1.54, 1.807) is 18.0 Å². The third kappa shape index (κ3) is 3.28. The third-order valence-electron chi connectivity index (χ3n) is 3.58. The first-order valence-corrected chi connectivity index (χ1v) is 8.56. The van der Waals surface area contributed by atoms with E-state index in [0.717, 1.165) is 21.4 Å². The average Bonchev–Trinajstić information content (AvgIpc) is 3.08. The fourth-order valence-electron chi connectivity index (χ4n) is 2.44. The van der Waals surface area contributed by atoms with Gasteiger partial charge in [-0.25, -0.2) is 0 Å². The van der Waals surface area contributed by atoms with Crippen molar-refractivity contribution < 1.29 is 4.52 Å². The molecule has 2 heterocycles. The van der Waals surface area contributed by atoms with Crippen LogP contribution in [0.25, 0.3) is 10.8 Å². The lowest BCUT2D eigenvalue weighted by Gasteiger charge is -2.01. The zero-order valence-electron chi connectivity index (χ0n) is 12.8. The summed E-state index contributed by atoms with van der Waals surface area (Å²) < 4.78 is 5.34. The van der Waals surface area contributed by atoms with Gasteiger partial charge in [-0.2, -0.15) is 10.1 Å². The number of nitrogens with zero attached hydrogens (tertiary/aromatic N) is 4. The molecule has 0 saturated heterocycles. The molecule has 0 atom stereocenters. The highest BCUT2D eigenvalue weighted by atomic mass is 32.2. The Balaban J connectivity index is 1.46. The van der Waals surface area contributed by atoms with Crippen molar-refractivity contribution in [1.29, 1.82) is 0 Å². The Hall–Kier alpha value is -2.73. The molecule has 0 aliphatic carbocycles. The molecule has 0 aliphatic rings. The van der Waals surface area contributed by atoms with Crippen LogP contribution in [0.5, 0.6) is 0 Å². The Kier molecular flexibility index (Phi) is 4.20. The van der Waals surface area contributed by atoms with Crippen LogP contribution in [0.3, 0.4) is 0 Å². The summed E-state index contributed by atoms with van der Waals surface area (Å²) in [6.45, 7) is 0. The van der Waals surface area contributed by atoms with Gasteiger partial charge in [0.2, 0.25) is 5.89 Å². The highest BCUT2D eigenvalue weighted by Crippen LogP contribution is 2.27. The van der Waals surface area contributed by atoms with Crippen LogP contribution < -0.4 is 0 Å². The number of aromatic nitrogens is 4. The zero-order chi connectivity index (χ0) is 16.2. The van der Waals surface area contributed by atoms with Crippen LogP contribution in [0.4, 0.5) is 0 Å². The molecule has 24 heavy (non-hydrogen) atoms. The van der Waals surface area contributed by atoms with Crippen LogP contribution in [0.15, 0.2) is 70.3 Å². The lowest BCUT2D eigenvalue weighted by Crippen LogP contribution is -1.91. The number of hydrogen-bond donors (Lipinski definition) is 0. The number of rotatable bonds is 5. The SMILES string of the molecule is c1ccc(Cc2noc(CSc3nncc4ccccc34)n2)cc1. The smallest absolute Gasteiger partial charge is 0.237 e. The highest BCUT2D eigenvalue weighted by molar-refractivity contribution is 7.98. The summed E-state index contributed by atoms with van der Waals surface area (Å²) in [5.74, 6) is 1.87. The minimum Gasteiger partial charge on any atom is -0.338 e. The van der Waals surface area contributed by atoms with E-state index in [1.165, 1.54) is 0 Å². The Labute approximate surface area is 143 Å². The van der Waals surface area contributed by atoms with E-state index >= 15 is 0 Å². The summed E-state index contributed by atoms with van der Waals surface area (Å²) in [4.78, 5) is 4.45. The van der Waals surface area contributed by atoms with Crippen molar-refractivity contribution in [2.45, 2.75) is 17.2 Å². The van der Waals surface area contributed by atoms with Crippen molar-refractivity contribution in [3.05, 3.63) is 78.1 Å². The van der Waals surface area contributed by atoms with Crippen LogP contribution in [0.1, 0.15) is 17.3 Å². The van der Waals surface area contributed by atoms with Gasteiger partial charge in [-0.05, 0) is 5.56 Å². The molecule has 0 amide bonds. The largest absolute Gasteiger partial charge is 0.338 e. The summed E-state index contributed by atoms with van der Waals surface area (Å²) >= 11 is 1.55. The number of thioether (sulfide) groups is 1. The van der Waals surface area contributed by atoms with Gasteiger partial charge in [0.1, 0.15) is 5.03 Å². The zero-order valence-corrected chi connectivity index (χ0v) is 13.6. The molecule has 0 radical (unpaired) electrons. The van der Waals surface area contributed by atoms with Gasteiger partial charge >= 0.3 is 0 Å². The van der Waals surface area contributed by atoms with E-state index in [0.29, 0.717) is 23.9 Å². The van der Waals surface area contributed by atoms with Crippen LogP contribution >= 0.6 is 11.8 Å². The van der Waals surface area contributed by atoms with Crippen molar-refractivity contribution in [2.24, 2.45) is 0 Å². The minimum absolute atomic E-state index is 0.574. The van der Waals surface area contributed by atoms with Gasteiger partial charge in [-0.3, -0.25) is 0 Å². The third-order valence-corrected chi connectivity index (χ3v) is 4.55. The first-order chi connectivity index (χ1) is 11.9. The molecule has 0 N–H and O–H groups in total. The van der Waals surface area contributed by atoms with E-state index in [2.05, 4.69) is 32.5 Å². The van der Waals surface area contributed by atoms with Gasteiger partial charge in [0.25, 0.3) is 0 Å². The topological polar surface area (TPSA) is 64.7 Å². The molecular formula is C18H14N4OS. The highest BCUT2D eigenvalue weighted by Gasteiger charge is 2.10. The molecule has 0 bridgehead atoms. The molecular weight excluding hydrogens is 320 g/mol. The normalized spacial score (nSPS) is 11.0. The second-order valence-electron chi connectivity index (χ2n) is 5.29. The molecule has 4 aromatic rings. The van der Waals surface area contributed by atoms with Gasteiger partial charge < -0.3 is 4.52 Å². The van der Waals surface area contributed by atoms with Crippen molar-refractivity contribution in [3.8, 4) is 0 Å². The van der Waals surface area contributed by atoms with Crippen molar-refractivity contribution >= 4 is 22.5 Å². The fraction of sp³-hybridized carbons (Fsp3) is 0.111. The fourth-order valence-corrected chi connectivity index (χ4v) is 3.26. The summed E-state index contributed by atoms with van der Waals surface area (Å²) in [5.41, 5.74) is 1.16. The maximum atomic E-state index is 5.34. The molecule has 0 saturated carbocycles. The number of fused-ring (bicyclic) bond motifs is 1. The van der Waals surface area contributed by atoms with E-state index in [1.807, 2.05) is 42.5 Å². The lowest BCUT2D eigenvalue weighted by atomic mass is 10.1. The Morgan fingerprint density at radius 1 is 0.958 bits per heavy atom. The van der Waals surface area contributed by atoms with Gasteiger partial charge in [0, 0.05) is 17.2 Å². The molecule has 2 aromatic heterocycles. The van der Waals surface area contributed by atoms with E-state index < -0.39 is 0 Å². The molecule has 0 fully saturated rings. The van der Waals surface area contributed by atoms with E-state index in [-0.39, 0.29) is 0 Å². The molecule has 4 rings (SSSR count). The molecule has 5 nitrogen and oxygen atoms in total. The lowest BCUT2D eigenvalue weighted by molar-refractivity contribution is 0.386. The second kappa shape index (κ2) is 6.80. The monoisotopic (exact) mass is 334 g/mol.